The molecule has 0 spiro atoms. The number of fused-ring (bicyclic) bond motifs is 1. The molecule has 0 amide bonds. The Hall–Kier alpha value is -1.26. The van der Waals surface area contributed by atoms with Crippen molar-refractivity contribution in [2.45, 2.75) is 13.0 Å². The van der Waals surface area contributed by atoms with E-state index in [9.17, 15) is 0 Å². The zero-order valence-electron chi connectivity index (χ0n) is 5.54. The number of aryl methyl sites for hydroxylation is 1. The standard InChI is InChI=1S/C5H9N5/c6-4-5-7-2-1-3-10(5)9-8-4/h7H,1-3,6H2. The molecule has 0 saturated heterocycles. The van der Waals surface area contributed by atoms with Crippen LogP contribution in [0.4, 0.5) is 11.6 Å². The van der Waals surface area contributed by atoms with Crippen molar-refractivity contribution in [3.05, 3.63) is 0 Å². The third-order valence-electron chi connectivity index (χ3n) is 1.60. The highest BCUT2D eigenvalue weighted by molar-refractivity contribution is 5.56. The van der Waals surface area contributed by atoms with Crippen molar-refractivity contribution in [3.63, 3.8) is 0 Å². The van der Waals surface area contributed by atoms with E-state index in [0.717, 1.165) is 25.3 Å². The van der Waals surface area contributed by atoms with Crippen molar-refractivity contribution >= 4 is 11.6 Å². The van der Waals surface area contributed by atoms with Crippen molar-refractivity contribution in [1.29, 1.82) is 0 Å². The van der Waals surface area contributed by atoms with E-state index in [4.69, 9.17) is 5.73 Å². The van der Waals surface area contributed by atoms with Crippen molar-refractivity contribution in [3.8, 4) is 0 Å². The van der Waals surface area contributed by atoms with Crippen molar-refractivity contribution in [2.75, 3.05) is 17.6 Å². The van der Waals surface area contributed by atoms with E-state index in [1.165, 1.54) is 0 Å². The van der Waals surface area contributed by atoms with E-state index >= 15 is 0 Å². The van der Waals surface area contributed by atoms with E-state index in [-0.39, 0.29) is 0 Å². The molecule has 0 atom stereocenters. The summed E-state index contributed by atoms with van der Waals surface area (Å²) in [4.78, 5) is 0. The van der Waals surface area contributed by atoms with Crippen LogP contribution in [0.2, 0.25) is 0 Å². The van der Waals surface area contributed by atoms with Gasteiger partial charge in [0, 0.05) is 13.1 Å². The third-order valence-corrected chi connectivity index (χ3v) is 1.60. The topological polar surface area (TPSA) is 68.8 Å². The highest BCUT2D eigenvalue weighted by Gasteiger charge is 2.12. The van der Waals surface area contributed by atoms with Crippen LogP contribution in [0.5, 0.6) is 0 Å². The first-order chi connectivity index (χ1) is 4.88. The molecule has 5 heteroatoms. The van der Waals surface area contributed by atoms with Crippen LogP contribution in [-0.2, 0) is 6.54 Å². The maximum Gasteiger partial charge on any atom is 0.190 e. The SMILES string of the molecule is Nc1nnn2c1NCCC2. The van der Waals surface area contributed by atoms with Crippen LogP contribution in [0.1, 0.15) is 6.42 Å². The molecule has 0 aromatic carbocycles. The van der Waals surface area contributed by atoms with E-state index in [1.54, 1.807) is 4.68 Å². The fourth-order valence-electron chi connectivity index (χ4n) is 1.10. The molecule has 0 fully saturated rings. The molecule has 0 bridgehead atoms. The predicted octanol–water partition coefficient (Wildman–Crippen LogP) is -0.324. The molecule has 2 rings (SSSR count). The largest absolute Gasteiger partial charge is 0.379 e. The third kappa shape index (κ3) is 0.632. The van der Waals surface area contributed by atoms with Crippen LogP contribution in [0.25, 0.3) is 0 Å². The molecule has 10 heavy (non-hydrogen) atoms. The summed E-state index contributed by atoms with van der Waals surface area (Å²) in [5.41, 5.74) is 5.50. The molecule has 3 N–H and O–H groups in total. The van der Waals surface area contributed by atoms with Gasteiger partial charge < -0.3 is 11.1 Å². The van der Waals surface area contributed by atoms with E-state index < -0.39 is 0 Å². The number of nitrogens with one attached hydrogen (secondary N) is 1. The van der Waals surface area contributed by atoms with Gasteiger partial charge in [0.1, 0.15) is 0 Å². The minimum absolute atomic E-state index is 0.500. The summed E-state index contributed by atoms with van der Waals surface area (Å²) < 4.78 is 1.79. The lowest BCUT2D eigenvalue weighted by molar-refractivity contribution is 0.549. The van der Waals surface area contributed by atoms with Crippen LogP contribution in [0.15, 0.2) is 0 Å². The Balaban J connectivity index is 2.45. The summed E-state index contributed by atoms with van der Waals surface area (Å²) in [5, 5.41) is 10.7. The fourth-order valence-corrected chi connectivity index (χ4v) is 1.10. The molecule has 54 valence electrons. The lowest BCUT2D eigenvalue weighted by atomic mass is 10.3. The van der Waals surface area contributed by atoms with Crippen molar-refractivity contribution in [1.82, 2.24) is 15.0 Å². The molecular formula is C5H9N5. The molecule has 1 aliphatic rings. The van der Waals surface area contributed by atoms with Crippen molar-refractivity contribution in [2.24, 2.45) is 0 Å². The van der Waals surface area contributed by atoms with Crippen LogP contribution in [0, 0.1) is 0 Å². The van der Waals surface area contributed by atoms with Crippen LogP contribution in [-0.4, -0.2) is 21.5 Å². The lowest BCUT2D eigenvalue weighted by Gasteiger charge is -2.13. The van der Waals surface area contributed by atoms with Gasteiger partial charge in [-0.1, -0.05) is 5.21 Å². The first kappa shape index (κ1) is 5.52. The summed E-state index contributed by atoms with van der Waals surface area (Å²) in [5.74, 6) is 1.37. The number of anilines is 2. The fraction of sp³-hybridized carbons (Fsp3) is 0.600. The second-order valence-electron chi connectivity index (χ2n) is 2.33. The van der Waals surface area contributed by atoms with Crippen LogP contribution in [0.3, 0.4) is 0 Å². The summed E-state index contributed by atoms with van der Waals surface area (Å²) in [6.45, 7) is 1.89. The number of rotatable bonds is 0. The van der Waals surface area contributed by atoms with Gasteiger partial charge >= 0.3 is 0 Å². The molecule has 0 radical (unpaired) electrons. The Kier molecular flexibility index (Phi) is 1.03. The first-order valence-electron chi connectivity index (χ1n) is 3.31. The van der Waals surface area contributed by atoms with Gasteiger partial charge in [0.25, 0.3) is 0 Å². The monoisotopic (exact) mass is 139 g/mol. The number of nitrogens with zero attached hydrogens (tertiary/aromatic N) is 3. The van der Waals surface area contributed by atoms with Gasteiger partial charge in [-0.15, -0.1) is 5.10 Å². The molecule has 5 nitrogen and oxygen atoms in total. The first-order valence-corrected chi connectivity index (χ1v) is 3.31. The Bertz CT molecular complexity index is 240. The highest BCUT2D eigenvalue weighted by atomic mass is 15.5. The van der Waals surface area contributed by atoms with Gasteiger partial charge in [-0.25, -0.2) is 4.68 Å². The summed E-state index contributed by atoms with van der Waals surface area (Å²) in [6.07, 6.45) is 1.09. The maximum absolute atomic E-state index is 5.50. The number of nitrogen functional groups attached to an aromatic ring is 1. The van der Waals surface area contributed by atoms with Gasteiger partial charge in [0.15, 0.2) is 11.6 Å². The second kappa shape index (κ2) is 1.86. The smallest absolute Gasteiger partial charge is 0.190 e. The number of hydrogen-bond donors (Lipinski definition) is 2. The van der Waals surface area contributed by atoms with Gasteiger partial charge in [-0.3, -0.25) is 0 Å². The summed E-state index contributed by atoms with van der Waals surface area (Å²) >= 11 is 0. The molecule has 2 heterocycles. The Morgan fingerprint density at radius 1 is 1.60 bits per heavy atom. The predicted molar refractivity (Wildman–Crippen MR) is 37.5 cm³/mol. The molecule has 0 saturated carbocycles. The summed E-state index contributed by atoms with van der Waals surface area (Å²) in [6, 6.07) is 0. The minimum atomic E-state index is 0.500. The molecule has 0 aliphatic carbocycles. The average molecular weight is 139 g/mol. The zero-order valence-corrected chi connectivity index (χ0v) is 5.54. The van der Waals surface area contributed by atoms with Crippen molar-refractivity contribution < 1.29 is 0 Å². The van der Waals surface area contributed by atoms with Gasteiger partial charge in [0.05, 0.1) is 0 Å². The van der Waals surface area contributed by atoms with Gasteiger partial charge in [-0.05, 0) is 6.42 Å². The molecule has 1 aromatic heterocycles. The molecule has 1 aromatic rings. The zero-order chi connectivity index (χ0) is 6.97. The Morgan fingerprint density at radius 3 is 3.30 bits per heavy atom. The van der Waals surface area contributed by atoms with E-state index in [0.29, 0.717) is 5.82 Å². The van der Waals surface area contributed by atoms with Crippen LogP contribution >= 0.6 is 0 Å². The Labute approximate surface area is 58.2 Å². The normalized spacial score (nSPS) is 16.0. The molecular weight excluding hydrogens is 130 g/mol. The van der Waals surface area contributed by atoms with Gasteiger partial charge in [-0.2, -0.15) is 0 Å². The molecule has 0 unspecified atom stereocenters. The Morgan fingerprint density at radius 2 is 2.50 bits per heavy atom. The highest BCUT2D eigenvalue weighted by Crippen LogP contribution is 2.17. The second-order valence-corrected chi connectivity index (χ2v) is 2.33. The van der Waals surface area contributed by atoms with Gasteiger partial charge in [0.2, 0.25) is 0 Å². The van der Waals surface area contributed by atoms with E-state index in [1.807, 2.05) is 0 Å². The van der Waals surface area contributed by atoms with Crippen LogP contribution < -0.4 is 11.1 Å². The maximum atomic E-state index is 5.50. The summed E-state index contributed by atoms with van der Waals surface area (Å²) in [7, 11) is 0. The number of hydrogen-bond acceptors (Lipinski definition) is 4. The number of aromatic nitrogens is 3. The molecule has 1 aliphatic heterocycles. The lowest BCUT2D eigenvalue weighted by Crippen LogP contribution is -2.18. The average Bonchev–Trinajstić information content (AvgIpc) is 2.34. The number of nitrogens with two attached hydrogens (primary N) is 1. The quantitative estimate of drug-likeness (QED) is 0.516. The van der Waals surface area contributed by atoms with E-state index in [2.05, 4.69) is 15.6 Å². The minimum Gasteiger partial charge on any atom is -0.379 e.